The quantitative estimate of drug-likeness (QED) is 0.845. The molecule has 19 heavy (non-hydrogen) atoms. The molecule has 1 fully saturated rings. The number of hydrogen-bond acceptors (Lipinski definition) is 2. The van der Waals surface area contributed by atoms with Crippen LogP contribution in [0.1, 0.15) is 23.7 Å². The maximum absolute atomic E-state index is 13.7. The molecule has 1 aliphatic rings. The van der Waals surface area contributed by atoms with E-state index in [1.54, 1.807) is 17.0 Å². The summed E-state index contributed by atoms with van der Waals surface area (Å²) in [6.07, 6.45) is 0.763. The van der Waals surface area contributed by atoms with Crippen LogP contribution in [0, 0.1) is 11.7 Å². The van der Waals surface area contributed by atoms with Crippen LogP contribution in [0.3, 0.4) is 0 Å². The lowest BCUT2D eigenvalue weighted by atomic mass is 9.94. The highest BCUT2D eigenvalue weighted by atomic mass is 79.9. The third-order valence-corrected chi connectivity index (χ3v) is 4.10. The summed E-state index contributed by atoms with van der Waals surface area (Å²) in [5.74, 6) is -0.510. The summed E-state index contributed by atoms with van der Waals surface area (Å²) in [5, 5.41) is 0. The maximum atomic E-state index is 13.7. The predicted molar refractivity (Wildman–Crippen MR) is 79.0 cm³/mol. The van der Waals surface area contributed by atoms with Gasteiger partial charge in [0.2, 0.25) is 0 Å². The zero-order chi connectivity index (χ0) is 13.3. The first-order valence-electron chi connectivity index (χ1n) is 5.99. The fourth-order valence-electron chi connectivity index (χ4n) is 2.21. The predicted octanol–water partition coefficient (Wildman–Crippen LogP) is 2.82. The number of hydrogen-bond donors (Lipinski definition) is 1. The topological polar surface area (TPSA) is 46.3 Å². The Hall–Kier alpha value is -0.650. The van der Waals surface area contributed by atoms with Crippen molar-refractivity contribution in [2.45, 2.75) is 19.4 Å². The van der Waals surface area contributed by atoms with Gasteiger partial charge in [0.15, 0.2) is 0 Å². The minimum Gasteiger partial charge on any atom is -0.338 e. The Bertz CT molecular complexity index is 452. The van der Waals surface area contributed by atoms with Gasteiger partial charge < -0.3 is 10.6 Å². The van der Waals surface area contributed by atoms with E-state index in [1.807, 2.05) is 6.92 Å². The standard InChI is InChI=1S/C13H16BrFN2O.ClH/c1-8-7-17(6-5-11(8)16)13(18)12-9(14)3-2-4-10(12)15;/h2-4,8,11H,5-7,16H2,1H3;1H. The lowest BCUT2D eigenvalue weighted by molar-refractivity contribution is 0.0658. The number of rotatable bonds is 1. The summed E-state index contributed by atoms with van der Waals surface area (Å²) in [5.41, 5.74) is 6.03. The Labute approximate surface area is 126 Å². The molecule has 1 aromatic rings. The van der Waals surface area contributed by atoms with E-state index in [0.29, 0.717) is 17.6 Å². The van der Waals surface area contributed by atoms with E-state index in [9.17, 15) is 9.18 Å². The Morgan fingerprint density at radius 2 is 2.21 bits per heavy atom. The molecule has 1 saturated heterocycles. The molecular formula is C13H17BrClFN2O. The number of carbonyl (C=O) groups is 1. The summed E-state index contributed by atoms with van der Waals surface area (Å²) in [4.78, 5) is 14.0. The monoisotopic (exact) mass is 350 g/mol. The van der Waals surface area contributed by atoms with Crippen molar-refractivity contribution in [3.05, 3.63) is 34.1 Å². The van der Waals surface area contributed by atoms with Gasteiger partial charge in [0, 0.05) is 23.6 Å². The summed E-state index contributed by atoms with van der Waals surface area (Å²) < 4.78 is 14.2. The molecule has 1 aromatic carbocycles. The number of nitrogens with two attached hydrogens (primary N) is 1. The van der Waals surface area contributed by atoms with E-state index in [2.05, 4.69) is 15.9 Å². The van der Waals surface area contributed by atoms with Gasteiger partial charge in [0.05, 0.1) is 5.56 Å². The number of nitrogens with zero attached hydrogens (tertiary/aromatic N) is 1. The molecule has 1 heterocycles. The number of halogens is 3. The van der Waals surface area contributed by atoms with E-state index in [1.165, 1.54) is 6.07 Å². The molecule has 0 spiro atoms. The minimum absolute atomic E-state index is 0. The summed E-state index contributed by atoms with van der Waals surface area (Å²) >= 11 is 3.23. The first kappa shape index (κ1) is 16.4. The SMILES string of the molecule is CC1CN(C(=O)c2c(F)cccc2Br)CCC1N.Cl. The molecule has 106 valence electrons. The third-order valence-electron chi connectivity index (χ3n) is 3.44. The molecule has 0 aromatic heterocycles. The van der Waals surface area contributed by atoms with Crippen molar-refractivity contribution in [1.29, 1.82) is 0 Å². The van der Waals surface area contributed by atoms with Crippen molar-refractivity contribution in [3.63, 3.8) is 0 Å². The summed E-state index contributed by atoms with van der Waals surface area (Å²) in [6.45, 7) is 3.19. The van der Waals surface area contributed by atoms with Gasteiger partial charge in [0.1, 0.15) is 5.82 Å². The van der Waals surface area contributed by atoms with Crippen LogP contribution in [0.15, 0.2) is 22.7 Å². The van der Waals surface area contributed by atoms with E-state index >= 15 is 0 Å². The lowest BCUT2D eigenvalue weighted by Gasteiger charge is -2.35. The number of piperidine rings is 1. The fourth-order valence-corrected chi connectivity index (χ4v) is 2.72. The first-order valence-corrected chi connectivity index (χ1v) is 6.79. The van der Waals surface area contributed by atoms with Gasteiger partial charge in [0.25, 0.3) is 5.91 Å². The molecule has 2 atom stereocenters. The normalized spacial score (nSPS) is 22.8. The highest BCUT2D eigenvalue weighted by Gasteiger charge is 2.29. The molecule has 0 radical (unpaired) electrons. The van der Waals surface area contributed by atoms with E-state index in [4.69, 9.17) is 5.73 Å². The maximum Gasteiger partial charge on any atom is 0.257 e. The van der Waals surface area contributed by atoms with Crippen LogP contribution >= 0.6 is 28.3 Å². The zero-order valence-corrected chi connectivity index (χ0v) is 13.0. The van der Waals surface area contributed by atoms with Crippen molar-refractivity contribution in [2.75, 3.05) is 13.1 Å². The van der Waals surface area contributed by atoms with Gasteiger partial charge in [-0.3, -0.25) is 4.79 Å². The van der Waals surface area contributed by atoms with Crippen LogP contribution in [-0.2, 0) is 0 Å². The number of likely N-dealkylation sites (tertiary alicyclic amines) is 1. The smallest absolute Gasteiger partial charge is 0.257 e. The molecule has 2 N–H and O–H groups in total. The van der Waals surface area contributed by atoms with Crippen LogP contribution < -0.4 is 5.73 Å². The van der Waals surface area contributed by atoms with Crippen molar-refractivity contribution >= 4 is 34.2 Å². The number of benzene rings is 1. The highest BCUT2D eigenvalue weighted by Crippen LogP contribution is 2.24. The third kappa shape index (κ3) is 3.46. The zero-order valence-electron chi connectivity index (χ0n) is 10.6. The summed E-state index contributed by atoms with van der Waals surface area (Å²) in [7, 11) is 0. The second-order valence-corrected chi connectivity index (χ2v) is 5.63. The van der Waals surface area contributed by atoms with E-state index < -0.39 is 5.82 Å². The second kappa shape index (κ2) is 6.68. The van der Waals surface area contributed by atoms with Gasteiger partial charge in [-0.1, -0.05) is 13.0 Å². The van der Waals surface area contributed by atoms with Gasteiger partial charge in [-0.15, -0.1) is 12.4 Å². The fraction of sp³-hybridized carbons (Fsp3) is 0.462. The van der Waals surface area contributed by atoms with Crippen molar-refractivity contribution in [2.24, 2.45) is 11.7 Å². The Morgan fingerprint density at radius 3 is 2.79 bits per heavy atom. The lowest BCUT2D eigenvalue weighted by Crippen LogP contribution is -2.48. The van der Waals surface area contributed by atoms with Crippen molar-refractivity contribution in [3.8, 4) is 0 Å². The molecule has 2 rings (SSSR count). The van der Waals surface area contributed by atoms with Crippen LogP contribution in [0.4, 0.5) is 4.39 Å². The molecule has 0 saturated carbocycles. The van der Waals surface area contributed by atoms with Crippen molar-refractivity contribution in [1.82, 2.24) is 4.90 Å². The van der Waals surface area contributed by atoms with Gasteiger partial charge in [-0.25, -0.2) is 4.39 Å². The summed E-state index contributed by atoms with van der Waals surface area (Å²) in [6, 6.07) is 4.68. The van der Waals surface area contributed by atoms with Crippen LogP contribution in [0.25, 0.3) is 0 Å². The van der Waals surface area contributed by atoms with Crippen LogP contribution in [0.5, 0.6) is 0 Å². The van der Waals surface area contributed by atoms with E-state index in [-0.39, 0.29) is 35.8 Å². The molecule has 0 bridgehead atoms. The van der Waals surface area contributed by atoms with Crippen LogP contribution in [0.2, 0.25) is 0 Å². The van der Waals surface area contributed by atoms with Gasteiger partial charge in [-0.2, -0.15) is 0 Å². The highest BCUT2D eigenvalue weighted by molar-refractivity contribution is 9.10. The number of carbonyl (C=O) groups excluding carboxylic acids is 1. The largest absolute Gasteiger partial charge is 0.338 e. The minimum atomic E-state index is -0.489. The van der Waals surface area contributed by atoms with Crippen LogP contribution in [-0.4, -0.2) is 29.9 Å². The second-order valence-electron chi connectivity index (χ2n) is 4.78. The molecule has 3 nitrogen and oxygen atoms in total. The average Bonchev–Trinajstić information content (AvgIpc) is 2.32. The Morgan fingerprint density at radius 1 is 1.53 bits per heavy atom. The van der Waals surface area contributed by atoms with Crippen molar-refractivity contribution < 1.29 is 9.18 Å². The average molecular weight is 352 g/mol. The van der Waals surface area contributed by atoms with Gasteiger partial charge >= 0.3 is 0 Å². The Kier molecular flexibility index (Phi) is 5.77. The number of amides is 1. The van der Waals surface area contributed by atoms with Gasteiger partial charge in [-0.05, 0) is 40.4 Å². The molecule has 1 amide bonds. The molecular weight excluding hydrogens is 335 g/mol. The molecule has 6 heteroatoms. The molecule has 1 aliphatic heterocycles. The molecule has 2 unspecified atom stereocenters. The Balaban J connectivity index is 0.00000180. The van der Waals surface area contributed by atoms with E-state index in [0.717, 1.165) is 6.42 Å². The first-order chi connectivity index (χ1) is 8.50. The molecule has 0 aliphatic carbocycles.